The number of nitrogens with one attached hydrogen (secondary N) is 2. The van der Waals surface area contributed by atoms with Crippen molar-refractivity contribution in [2.45, 2.75) is 26.4 Å². The van der Waals surface area contributed by atoms with Crippen LogP contribution in [0.2, 0.25) is 0 Å². The third kappa shape index (κ3) is 3.74. The summed E-state index contributed by atoms with van der Waals surface area (Å²) in [5.74, 6) is 2.32. The van der Waals surface area contributed by atoms with E-state index in [1.165, 1.54) is 0 Å². The van der Waals surface area contributed by atoms with Gasteiger partial charge in [0, 0.05) is 18.0 Å². The van der Waals surface area contributed by atoms with Crippen LogP contribution in [0, 0.1) is 0 Å². The van der Waals surface area contributed by atoms with E-state index in [9.17, 15) is 0 Å². The van der Waals surface area contributed by atoms with E-state index in [2.05, 4.69) is 34.4 Å². The second-order valence-corrected chi connectivity index (χ2v) is 5.91. The number of fused-ring (bicyclic) bond motifs is 1. The van der Waals surface area contributed by atoms with E-state index in [1.54, 1.807) is 7.11 Å². The lowest BCUT2D eigenvalue weighted by Gasteiger charge is -2.14. The Labute approximate surface area is 142 Å². The Morgan fingerprint density at radius 1 is 1.00 bits per heavy atom. The predicted octanol–water partition coefficient (Wildman–Crippen LogP) is 4.07. The van der Waals surface area contributed by atoms with Gasteiger partial charge in [-0.25, -0.2) is 4.98 Å². The minimum atomic E-state index is 0.303. The number of benzene rings is 2. The van der Waals surface area contributed by atoms with Gasteiger partial charge in [0.2, 0.25) is 5.95 Å². The summed E-state index contributed by atoms with van der Waals surface area (Å²) in [7, 11) is 1.67. The topological polar surface area (TPSA) is 59.1 Å². The Balaban J connectivity index is 1.83. The van der Waals surface area contributed by atoms with Gasteiger partial charge in [-0.1, -0.05) is 24.3 Å². The highest BCUT2D eigenvalue weighted by Gasteiger charge is 2.08. The molecule has 0 fully saturated rings. The van der Waals surface area contributed by atoms with Gasteiger partial charge in [0.25, 0.3) is 0 Å². The fraction of sp³-hybridized carbons (Fsp3) is 0.263. The maximum atomic E-state index is 5.18. The number of hydrogen-bond acceptors (Lipinski definition) is 5. The first-order valence-corrected chi connectivity index (χ1v) is 8.06. The van der Waals surface area contributed by atoms with Crippen LogP contribution in [0.15, 0.2) is 48.5 Å². The first kappa shape index (κ1) is 16.1. The van der Waals surface area contributed by atoms with Crippen LogP contribution in [0.25, 0.3) is 10.9 Å². The molecule has 24 heavy (non-hydrogen) atoms. The van der Waals surface area contributed by atoms with Crippen LogP contribution in [0.5, 0.6) is 5.75 Å². The van der Waals surface area contributed by atoms with Crippen molar-refractivity contribution < 1.29 is 4.74 Å². The van der Waals surface area contributed by atoms with Gasteiger partial charge < -0.3 is 15.4 Å². The third-order valence-electron chi connectivity index (χ3n) is 3.64. The molecule has 0 aliphatic rings. The van der Waals surface area contributed by atoms with E-state index in [4.69, 9.17) is 4.74 Å². The molecule has 0 spiro atoms. The van der Waals surface area contributed by atoms with Gasteiger partial charge in [-0.15, -0.1) is 0 Å². The number of hydrogen-bond donors (Lipinski definition) is 2. The number of ether oxygens (including phenoxy) is 1. The summed E-state index contributed by atoms with van der Waals surface area (Å²) in [5, 5.41) is 7.72. The molecule has 1 aromatic heterocycles. The molecule has 3 aromatic rings. The molecule has 0 saturated carbocycles. The quantitative estimate of drug-likeness (QED) is 0.716. The van der Waals surface area contributed by atoms with Crippen molar-refractivity contribution >= 4 is 22.7 Å². The molecule has 0 amide bonds. The summed E-state index contributed by atoms with van der Waals surface area (Å²) < 4.78 is 5.18. The molecule has 124 valence electrons. The van der Waals surface area contributed by atoms with Crippen molar-refractivity contribution in [3.63, 3.8) is 0 Å². The molecule has 0 unspecified atom stereocenters. The summed E-state index contributed by atoms with van der Waals surface area (Å²) in [4.78, 5) is 9.24. The van der Waals surface area contributed by atoms with Gasteiger partial charge in [-0.2, -0.15) is 4.98 Å². The number of nitrogens with zero attached hydrogens (tertiary/aromatic N) is 2. The molecule has 5 heteroatoms. The molecule has 0 aliphatic heterocycles. The minimum absolute atomic E-state index is 0.303. The lowest BCUT2D eigenvalue weighted by Crippen LogP contribution is -2.13. The smallest absolute Gasteiger partial charge is 0.225 e. The average Bonchev–Trinajstić information content (AvgIpc) is 2.60. The Kier molecular flexibility index (Phi) is 4.79. The zero-order chi connectivity index (χ0) is 16.9. The average molecular weight is 322 g/mol. The Morgan fingerprint density at radius 3 is 2.46 bits per heavy atom. The van der Waals surface area contributed by atoms with Crippen molar-refractivity contribution in [2.24, 2.45) is 0 Å². The molecule has 0 atom stereocenters. The minimum Gasteiger partial charge on any atom is -0.497 e. The molecular weight excluding hydrogens is 300 g/mol. The maximum absolute atomic E-state index is 5.18. The van der Waals surface area contributed by atoms with Crippen LogP contribution < -0.4 is 15.4 Å². The van der Waals surface area contributed by atoms with E-state index in [1.807, 2.05) is 48.5 Å². The highest BCUT2D eigenvalue weighted by atomic mass is 16.5. The van der Waals surface area contributed by atoms with Crippen LogP contribution in [0.4, 0.5) is 11.8 Å². The van der Waals surface area contributed by atoms with Crippen molar-refractivity contribution in [3.8, 4) is 5.75 Å². The molecule has 0 aliphatic carbocycles. The summed E-state index contributed by atoms with van der Waals surface area (Å²) >= 11 is 0. The number of rotatable bonds is 6. The van der Waals surface area contributed by atoms with Crippen molar-refractivity contribution in [1.82, 2.24) is 9.97 Å². The molecule has 5 nitrogen and oxygen atoms in total. The first-order chi connectivity index (χ1) is 11.7. The monoisotopic (exact) mass is 322 g/mol. The molecule has 0 radical (unpaired) electrons. The van der Waals surface area contributed by atoms with E-state index >= 15 is 0 Å². The lowest BCUT2D eigenvalue weighted by atomic mass is 10.2. The van der Waals surface area contributed by atoms with Crippen LogP contribution in [-0.4, -0.2) is 23.1 Å². The number of anilines is 2. The highest BCUT2D eigenvalue weighted by molar-refractivity contribution is 5.90. The fourth-order valence-electron chi connectivity index (χ4n) is 2.46. The number of methoxy groups -OCH3 is 1. The van der Waals surface area contributed by atoms with Gasteiger partial charge in [0.1, 0.15) is 11.6 Å². The Morgan fingerprint density at radius 2 is 1.75 bits per heavy atom. The van der Waals surface area contributed by atoms with E-state index in [-0.39, 0.29) is 0 Å². The normalized spacial score (nSPS) is 10.8. The van der Waals surface area contributed by atoms with Crippen molar-refractivity contribution in [3.05, 3.63) is 54.1 Å². The Bertz CT molecular complexity index is 815. The number of aromatic nitrogens is 2. The standard InChI is InChI=1S/C19H22N4O/c1-13(2)21-18-16-6-4-5-7-17(16)22-19(23-18)20-12-14-8-10-15(24-3)11-9-14/h4-11,13H,12H2,1-3H3,(H2,20,21,22,23). The molecule has 2 aromatic carbocycles. The fourth-order valence-corrected chi connectivity index (χ4v) is 2.46. The molecular formula is C19H22N4O. The second kappa shape index (κ2) is 7.17. The van der Waals surface area contributed by atoms with Crippen molar-refractivity contribution in [2.75, 3.05) is 17.7 Å². The molecule has 2 N–H and O–H groups in total. The molecule has 3 rings (SSSR count). The van der Waals surface area contributed by atoms with Crippen molar-refractivity contribution in [1.29, 1.82) is 0 Å². The Hall–Kier alpha value is -2.82. The highest BCUT2D eigenvalue weighted by Crippen LogP contribution is 2.22. The third-order valence-corrected chi connectivity index (χ3v) is 3.64. The molecule has 0 saturated heterocycles. The zero-order valence-corrected chi connectivity index (χ0v) is 14.2. The van der Waals surface area contributed by atoms with Crippen LogP contribution >= 0.6 is 0 Å². The van der Waals surface area contributed by atoms with Crippen LogP contribution in [0.1, 0.15) is 19.4 Å². The first-order valence-electron chi connectivity index (χ1n) is 8.06. The second-order valence-electron chi connectivity index (χ2n) is 5.91. The molecule has 0 bridgehead atoms. The van der Waals surface area contributed by atoms with Gasteiger partial charge in [0.15, 0.2) is 0 Å². The predicted molar refractivity (Wildman–Crippen MR) is 98.6 cm³/mol. The van der Waals surface area contributed by atoms with E-state index < -0.39 is 0 Å². The van der Waals surface area contributed by atoms with E-state index in [0.29, 0.717) is 18.5 Å². The summed E-state index contributed by atoms with van der Waals surface area (Å²) in [6.45, 7) is 4.85. The maximum Gasteiger partial charge on any atom is 0.225 e. The summed E-state index contributed by atoms with van der Waals surface area (Å²) in [5.41, 5.74) is 2.07. The lowest BCUT2D eigenvalue weighted by molar-refractivity contribution is 0.414. The molecule has 1 heterocycles. The summed E-state index contributed by atoms with van der Waals surface area (Å²) in [6.07, 6.45) is 0. The zero-order valence-electron chi connectivity index (χ0n) is 14.2. The van der Waals surface area contributed by atoms with Crippen LogP contribution in [-0.2, 0) is 6.54 Å². The van der Waals surface area contributed by atoms with Gasteiger partial charge in [-0.05, 0) is 43.7 Å². The van der Waals surface area contributed by atoms with Gasteiger partial charge >= 0.3 is 0 Å². The summed E-state index contributed by atoms with van der Waals surface area (Å²) in [6, 6.07) is 16.3. The van der Waals surface area contributed by atoms with Gasteiger partial charge in [0.05, 0.1) is 12.6 Å². The number of para-hydroxylation sites is 1. The van der Waals surface area contributed by atoms with Crippen LogP contribution in [0.3, 0.4) is 0 Å². The SMILES string of the molecule is COc1ccc(CNc2nc(NC(C)C)c3ccccc3n2)cc1. The van der Waals surface area contributed by atoms with Gasteiger partial charge in [-0.3, -0.25) is 0 Å². The van der Waals surface area contributed by atoms with E-state index in [0.717, 1.165) is 28.0 Å². The largest absolute Gasteiger partial charge is 0.497 e.